The molecule has 1 aromatic rings. The SMILES string of the molecule is COC(=O)C1CCCCN1C/C=C/c1ccccc1. The minimum absolute atomic E-state index is 0.0702. The van der Waals surface area contributed by atoms with Gasteiger partial charge in [0.25, 0.3) is 0 Å². The molecule has 1 atom stereocenters. The van der Waals surface area contributed by atoms with Crippen LogP contribution in [0.15, 0.2) is 36.4 Å². The van der Waals surface area contributed by atoms with E-state index in [1.54, 1.807) is 0 Å². The Labute approximate surface area is 114 Å². The van der Waals surface area contributed by atoms with Crippen LogP contribution in [-0.4, -0.2) is 37.1 Å². The van der Waals surface area contributed by atoms with Crippen LogP contribution in [0, 0.1) is 0 Å². The van der Waals surface area contributed by atoms with E-state index in [4.69, 9.17) is 4.74 Å². The highest BCUT2D eigenvalue weighted by Crippen LogP contribution is 2.18. The third-order valence-electron chi connectivity index (χ3n) is 3.54. The van der Waals surface area contributed by atoms with Crippen molar-refractivity contribution in [1.82, 2.24) is 4.90 Å². The fourth-order valence-electron chi connectivity index (χ4n) is 2.50. The second-order valence-electron chi connectivity index (χ2n) is 4.84. The van der Waals surface area contributed by atoms with Crippen molar-refractivity contribution in [3.63, 3.8) is 0 Å². The summed E-state index contributed by atoms with van der Waals surface area (Å²) in [5.74, 6) is -0.104. The molecule has 0 N–H and O–H groups in total. The average molecular weight is 259 g/mol. The minimum Gasteiger partial charge on any atom is -0.468 e. The molecule has 102 valence electrons. The number of ether oxygens (including phenoxy) is 1. The van der Waals surface area contributed by atoms with Crippen LogP contribution in [-0.2, 0) is 9.53 Å². The molecular weight excluding hydrogens is 238 g/mol. The monoisotopic (exact) mass is 259 g/mol. The molecule has 0 spiro atoms. The quantitative estimate of drug-likeness (QED) is 0.779. The molecule has 1 aliphatic heterocycles. The smallest absolute Gasteiger partial charge is 0.323 e. The normalized spacial score (nSPS) is 20.6. The van der Waals surface area contributed by atoms with E-state index < -0.39 is 0 Å². The molecule has 1 aliphatic rings. The molecule has 2 rings (SSSR count). The summed E-state index contributed by atoms with van der Waals surface area (Å²) in [5, 5.41) is 0. The van der Waals surface area contributed by atoms with E-state index in [0.29, 0.717) is 0 Å². The van der Waals surface area contributed by atoms with Gasteiger partial charge in [-0.3, -0.25) is 9.69 Å². The molecule has 0 aliphatic carbocycles. The van der Waals surface area contributed by atoms with E-state index in [1.807, 2.05) is 18.2 Å². The molecular formula is C16H21NO2. The van der Waals surface area contributed by atoms with Crippen molar-refractivity contribution in [3.05, 3.63) is 42.0 Å². The summed E-state index contributed by atoms with van der Waals surface area (Å²) >= 11 is 0. The van der Waals surface area contributed by atoms with Gasteiger partial charge in [0.15, 0.2) is 0 Å². The molecule has 0 saturated carbocycles. The lowest BCUT2D eigenvalue weighted by Gasteiger charge is -2.32. The summed E-state index contributed by atoms with van der Waals surface area (Å²) in [6.07, 6.45) is 7.40. The number of rotatable bonds is 4. The summed E-state index contributed by atoms with van der Waals surface area (Å²) in [6, 6.07) is 10.1. The maximum atomic E-state index is 11.7. The Hall–Kier alpha value is -1.61. The van der Waals surface area contributed by atoms with Crippen LogP contribution in [0.5, 0.6) is 0 Å². The zero-order valence-corrected chi connectivity index (χ0v) is 11.4. The Morgan fingerprint density at radius 3 is 2.89 bits per heavy atom. The average Bonchev–Trinajstić information content (AvgIpc) is 2.48. The van der Waals surface area contributed by atoms with E-state index in [2.05, 4.69) is 29.2 Å². The third-order valence-corrected chi connectivity index (χ3v) is 3.54. The van der Waals surface area contributed by atoms with E-state index in [-0.39, 0.29) is 12.0 Å². The first kappa shape index (κ1) is 13.8. The van der Waals surface area contributed by atoms with Crippen molar-refractivity contribution >= 4 is 12.0 Å². The Morgan fingerprint density at radius 1 is 1.37 bits per heavy atom. The molecule has 3 heteroatoms. The van der Waals surface area contributed by atoms with Gasteiger partial charge in [-0.2, -0.15) is 0 Å². The van der Waals surface area contributed by atoms with Gasteiger partial charge in [-0.15, -0.1) is 0 Å². The Morgan fingerprint density at radius 2 is 2.16 bits per heavy atom. The Bertz CT molecular complexity index is 428. The highest BCUT2D eigenvalue weighted by molar-refractivity contribution is 5.75. The number of hydrogen-bond acceptors (Lipinski definition) is 3. The maximum Gasteiger partial charge on any atom is 0.323 e. The molecule has 19 heavy (non-hydrogen) atoms. The van der Waals surface area contributed by atoms with Crippen LogP contribution >= 0.6 is 0 Å². The lowest BCUT2D eigenvalue weighted by atomic mass is 10.0. The van der Waals surface area contributed by atoms with Crippen LogP contribution in [0.4, 0.5) is 0 Å². The van der Waals surface area contributed by atoms with Gasteiger partial charge in [0.2, 0.25) is 0 Å². The number of carbonyl (C=O) groups is 1. The first-order valence-corrected chi connectivity index (χ1v) is 6.85. The zero-order chi connectivity index (χ0) is 13.5. The molecule has 0 bridgehead atoms. The first-order chi connectivity index (χ1) is 9.31. The van der Waals surface area contributed by atoms with Crippen molar-refractivity contribution in [1.29, 1.82) is 0 Å². The zero-order valence-electron chi connectivity index (χ0n) is 11.4. The maximum absolute atomic E-state index is 11.7. The second-order valence-corrected chi connectivity index (χ2v) is 4.84. The first-order valence-electron chi connectivity index (χ1n) is 6.85. The molecule has 0 aromatic heterocycles. The number of nitrogens with zero attached hydrogens (tertiary/aromatic N) is 1. The summed E-state index contributed by atoms with van der Waals surface area (Å²) in [4.78, 5) is 13.9. The van der Waals surface area contributed by atoms with Gasteiger partial charge in [0.05, 0.1) is 7.11 Å². The number of methoxy groups -OCH3 is 1. The lowest BCUT2D eigenvalue weighted by molar-refractivity contribution is -0.148. The fraction of sp³-hybridized carbons (Fsp3) is 0.438. The largest absolute Gasteiger partial charge is 0.468 e. The Kier molecular flexibility index (Phi) is 5.16. The van der Waals surface area contributed by atoms with E-state index in [1.165, 1.54) is 12.7 Å². The molecule has 1 heterocycles. The summed E-state index contributed by atoms with van der Waals surface area (Å²) in [6.45, 7) is 1.77. The summed E-state index contributed by atoms with van der Waals surface area (Å²) in [7, 11) is 1.47. The third kappa shape index (κ3) is 3.93. The molecule has 1 saturated heterocycles. The molecule has 0 amide bonds. The van der Waals surface area contributed by atoms with Gasteiger partial charge in [0, 0.05) is 6.54 Å². The van der Waals surface area contributed by atoms with Gasteiger partial charge in [-0.1, -0.05) is 48.9 Å². The Balaban J connectivity index is 1.93. The summed E-state index contributed by atoms with van der Waals surface area (Å²) in [5.41, 5.74) is 1.19. The standard InChI is InChI=1S/C16H21NO2/c1-19-16(18)15-11-5-6-12-17(15)13-7-10-14-8-3-2-4-9-14/h2-4,7-10,15H,5-6,11-13H2,1H3/b10-7+. The van der Waals surface area contributed by atoms with Crippen molar-refractivity contribution in [3.8, 4) is 0 Å². The van der Waals surface area contributed by atoms with Crippen molar-refractivity contribution in [2.45, 2.75) is 25.3 Å². The number of likely N-dealkylation sites (tertiary alicyclic amines) is 1. The molecule has 1 fully saturated rings. The minimum atomic E-state index is -0.104. The molecule has 1 aromatic carbocycles. The van der Waals surface area contributed by atoms with Crippen LogP contribution in [0.25, 0.3) is 6.08 Å². The van der Waals surface area contributed by atoms with Gasteiger partial charge in [0.1, 0.15) is 6.04 Å². The van der Waals surface area contributed by atoms with Crippen LogP contribution < -0.4 is 0 Å². The molecule has 0 radical (unpaired) electrons. The van der Waals surface area contributed by atoms with E-state index >= 15 is 0 Å². The van der Waals surface area contributed by atoms with Crippen molar-refractivity contribution in [2.24, 2.45) is 0 Å². The molecule has 3 nitrogen and oxygen atoms in total. The summed E-state index contributed by atoms with van der Waals surface area (Å²) < 4.78 is 4.88. The lowest BCUT2D eigenvalue weighted by Crippen LogP contribution is -2.45. The van der Waals surface area contributed by atoms with Crippen molar-refractivity contribution in [2.75, 3.05) is 20.2 Å². The predicted octanol–water partition coefficient (Wildman–Crippen LogP) is 2.73. The number of benzene rings is 1. The van der Waals surface area contributed by atoms with Crippen LogP contribution in [0.2, 0.25) is 0 Å². The van der Waals surface area contributed by atoms with Gasteiger partial charge in [-0.25, -0.2) is 0 Å². The number of hydrogen-bond donors (Lipinski definition) is 0. The second kappa shape index (κ2) is 7.10. The van der Waals surface area contributed by atoms with Crippen LogP contribution in [0.1, 0.15) is 24.8 Å². The van der Waals surface area contributed by atoms with Crippen LogP contribution in [0.3, 0.4) is 0 Å². The van der Waals surface area contributed by atoms with Crippen molar-refractivity contribution < 1.29 is 9.53 Å². The number of esters is 1. The van der Waals surface area contributed by atoms with E-state index in [9.17, 15) is 4.79 Å². The van der Waals surface area contributed by atoms with Gasteiger partial charge < -0.3 is 4.74 Å². The molecule has 1 unspecified atom stereocenters. The number of carbonyl (C=O) groups excluding carboxylic acids is 1. The van der Waals surface area contributed by atoms with E-state index in [0.717, 1.165) is 32.4 Å². The number of piperidine rings is 1. The topological polar surface area (TPSA) is 29.5 Å². The highest BCUT2D eigenvalue weighted by atomic mass is 16.5. The highest BCUT2D eigenvalue weighted by Gasteiger charge is 2.28. The fourth-order valence-corrected chi connectivity index (χ4v) is 2.50. The van der Waals surface area contributed by atoms with Gasteiger partial charge in [-0.05, 0) is 24.9 Å². The predicted molar refractivity (Wildman–Crippen MR) is 76.7 cm³/mol. The van der Waals surface area contributed by atoms with Gasteiger partial charge >= 0.3 is 5.97 Å².